The van der Waals surface area contributed by atoms with E-state index < -0.39 is 0 Å². The van der Waals surface area contributed by atoms with Crippen molar-refractivity contribution in [1.82, 2.24) is 0 Å². The zero-order chi connectivity index (χ0) is 9.42. The molecule has 13 heavy (non-hydrogen) atoms. The smallest absolute Gasteiger partial charge is 0.243 e. The highest BCUT2D eigenvalue weighted by Gasteiger charge is 2.15. The number of hydrogen-bond acceptors (Lipinski definition) is 2. The van der Waals surface area contributed by atoms with Gasteiger partial charge >= 0.3 is 0 Å². The summed E-state index contributed by atoms with van der Waals surface area (Å²) in [6.45, 7) is 2.32. The number of nitrogens with one attached hydrogen (secondary N) is 2. The van der Waals surface area contributed by atoms with Gasteiger partial charge in [-0.25, -0.2) is 0 Å². The summed E-state index contributed by atoms with van der Waals surface area (Å²) in [6.07, 6.45) is 0. The molecule has 0 unspecified atom stereocenters. The molecule has 1 heterocycles. The number of fused-ring (bicyclic) bond motifs is 1. The lowest BCUT2D eigenvalue weighted by Gasteiger charge is -2.20. The SMILES string of the molecule is Cc1cc(Br)cc2c1NC(=O)CN2. The maximum Gasteiger partial charge on any atom is 0.243 e. The van der Waals surface area contributed by atoms with Crippen LogP contribution in [0, 0.1) is 6.92 Å². The molecule has 0 saturated heterocycles. The minimum absolute atomic E-state index is 0.0120. The van der Waals surface area contributed by atoms with Gasteiger partial charge in [0.25, 0.3) is 0 Å². The van der Waals surface area contributed by atoms with E-state index in [0.717, 1.165) is 21.4 Å². The monoisotopic (exact) mass is 240 g/mol. The molecule has 0 spiro atoms. The number of aryl methyl sites for hydroxylation is 1. The molecule has 1 aromatic rings. The van der Waals surface area contributed by atoms with Crippen molar-refractivity contribution in [3.8, 4) is 0 Å². The highest BCUT2D eigenvalue weighted by atomic mass is 79.9. The third-order valence-corrected chi connectivity index (χ3v) is 2.46. The normalized spacial score (nSPS) is 14.5. The number of carbonyl (C=O) groups is 1. The van der Waals surface area contributed by atoms with Crippen LogP contribution in [0.1, 0.15) is 5.56 Å². The Bertz CT molecular complexity index is 376. The van der Waals surface area contributed by atoms with Gasteiger partial charge in [0.05, 0.1) is 17.9 Å². The second-order valence-corrected chi connectivity index (χ2v) is 3.96. The molecular weight excluding hydrogens is 232 g/mol. The number of rotatable bonds is 0. The molecule has 4 heteroatoms. The van der Waals surface area contributed by atoms with E-state index in [1.165, 1.54) is 0 Å². The van der Waals surface area contributed by atoms with Crippen LogP contribution in [0.4, 0.5) is 11.4 Å². The van der Waals surface area contributed by atoms with Crippen LogP contribution in [0.3, 0.4) is 0 Å². The molecule has 0 atom stereocenters. The molecule has 0 fully saturated rings. The zero-order valence-electron chi connectivity index (χ0n) is 7.15. The molecule has 3 nitrogen and oxygen atoms in total. The Morgan fingerprint density at radius 3 is 3.00 bits per heavy atom. The molecule has 68 valence electrons. The average molecular weight is 241 g/mol. The first-order valence-electron chi connectivity index (χ1n) is 4.00. The Morgan fingerprint density at radius 1 is 1.46 bits per heavy atom. The fourth-order valence-electron chi connectivity index (χ4n) is 1.41. The van der Waals surface area contributed by atoms with Crippen LogP contribution in [0.2, 0.25) is 0 Å². The summed E-state index contributed by atoms with van der Waals surface area (Å²) in [4.78, 5) is 11.1. The van der Waals surface area contributed by atoms with Gasteiger partial charge in [0.1, 0.15) is 0 Å². The second-order valence-electron chi connectivity index (χ2n) is 3.05. The Morgan fingerprint density at radius 2 is 2.23 bits per heavy atom. The average Bonchev–Trinajstić information content (AvgIpc) is 2.06. The molecule has 2 rings (SSSR count). The molecule has 1 aliphatic heterocycles. The lowest BCUT2D eigenvalue weighted by Crippen LogP contribution is -2.27. The van der Waals surface area contributed by atoms with Crippen LogP contribution < -0.4 is 10.6 Å². The van der Waals surface area contributed by atoms with Crippen LogP contribution in [0.25, 0.3) is 0 Å². The predicted molar refractivity (Wildman–Crippen MR) is 56.0 cm³/mol. The topological polar surface area (TPSA) is 41.1 Å². The number of hydrogen-bond donors (Lipinski definition) is 2. The van der Waals surface area contributed by atoms with E-state index in [2.05, 4.69) is 26.6 Å². The van der Waals surface area contributed by atoms with Crippen LogP contribution in [-0.2, 0) is 4.79 Å². The summed E-state index contributed by atoms with van der Waals surface area (Å²) in [5.41, 5.74) is 2.93. The minimum Gasteiger partial charge on any atom is -0.374 e. The van der Waals surface area contributed by atoms with Crippen molar-refractivity contribution in [2.75, 3.05) is 17.2 Å². The molecule has 1 aromatic carbocycles. The summed E-state index contributed by atoms with van der Waals surface area (Å²) in [5.74, 6) is 0.0120. The largest absolute Gasteiger partial charge is 0.374 e. The van der Waals surface area contributed by atoms with Crippen LogP contribution in [0.5, 0.6) is 0 Å². The summed E-state index contributed by atoms with van der Waals surface area (Å²) in [7, 11) is 0. The van der Waals surface area contributed by atoms with Crippen molar-refractivity contribution >= 4 is 33.2 Å². The second kappa shape index (κ2) is 3.03. The van der Waals surface area contributed by atoms with Crippen molar-refractivity contribution in [2.24, 2.45) is 0 Å². The molecular formula is C9H9BrN2O. The predicted octanol–water partition coefficient (Wildman–Crippen LogP) is 2.12. The summed E-state index contributed by atoms with van der Waals surface area (Å²) in [5, 5.41) is 5.89. The Balaban J connectivity index is 2.53. The number of benzene rings is 1. The van der Waals surface area contributed by atoms with Crippen molar-refractivity contribution in [3.63, 3.8) is 0 Å². The lowest BCUT2D eigenvalue weighted by atomic mass is 10.1. The lowest BCUT2D eigenvalue weighted by molar-refractivity contribution is -0.114. The summed E-state index contributed by atoms with van der Waals surface area (Å²) < 4.78 is 1.02. The first-order valence-corrected chi connectivity index (χ1v) is 4.80. The van der Waals surface area contributed by atoms with Gasteiger partial charge < -0.3 is 10.6 Å². The van der Waals surface area contributed by atoms with Gasteiger partial charge in [0.2, 0.25) is 5.91 Å². The van der Waals surface area contributed by atoms with E-state index in [1.54, 1.807) is 0 Å². The van der Waals surface area contributed by atoms with E-state index in [9.17, 15) is 4.79 Å². The van der Waals surface area contributed by atoms with Gasteiger partial charge in [-0.1, -0.05) is 15.9 Å². The maximum atomic E-state index is 11.1. The molecule has 1 amide bonds. The van der Waals surface area contributed by atoms with E-state index in [-0.39, 0.29) is 5.91 Å². The molecule has 0 aromatic heterocycles. The number of halogens is 1. The van der Waals surface area contributed by atoms with Crippen molar-refractivity contribution in [1.29, 1.82) is 0 Å². The molecule has 0 aliphatic carbocycles. The van der Waals surface area contributed by atoms with Gasteiger partial charge in [-0.3, -0.25) is 4.79 Å². The van der Waals surface area contributed by atoms with Crippen LogP contribution >= 0.6 is 15.9 Å². The van der Waals surface area contributed by atoms with E-state index in [0.29, 0.717) is 6.54 Å². The number of amides is 1. The molecule has 2 N–H and O–H groups in total. The standard InChI is InChI=1S/C9H9BrN2O/c1-5-2-6(10)3-7-9(5)12-8(13)4-11-7/h2-3,11H,4H2,1H3,(H,12,13). The zero-order valence-corrected chi connectivity index (χ0v) is 8.73. The molecule has 0 radical (unpaired) electrons. The van der Waals surface area contributed by atoms with E-state index in [1.807, 2.05) is 19.1 Å². The maximum absolute atomic E-state index is 11.1. The highest BCUT2D eigenvalue weighted by Crippen LogP contribution is 2.31. The van der Waals surface area contributed by atoms with E-state index in [4.69, 9.17) is 0 Å². The Hall–Kier alpha value is -1.03. The van der Waals surface area contributed by atoms with Gasteiger partial charge in [0.15, 0.2) is 0 Å². The Labute approximate surface area is 84.6 Å². The number of carbonyl (C=O) groups excluding carboxylic acids is 1. The third kappa shape index (κ3) is 1.54. The molecule has 1 aliphatic rings. The molecule has 0 bridgehead atoms. The van der Waals surface area contributed by atoms with Crippen LogP contribution in [-0.4, -0.2) is 12.5 Å². The fourth-order valence-corrected chi connectivity index (χ4v) is 1.98. The minimum atomic E-state index is 0.0120. The summed E-state index contributed by atoms with van der Waals surface area (Å²) in [6, 6.07) is 3.94. The van der Waals surface area contributed by atoms with Crippen molar-refractivity contribution in [2.45, 2.75) is 6.92 Å². The van der Waals surface area contributed by atoms with E-state index >= 15 is 0 Å². The van der Waals surface area contributed by atoms with Gasteiger partial charge in [0, 0.05) is 4.47 Å². The highest BCUT2D eigenvalue weighted by molar-refractivity contribution is 9.10. The third-order valence-electron chi connectivity index (χ3n) is 2.00. The first kappa shape index (κ1) is 8.56. The Kier molecular flexibility index (Phi) is 2.00. The van der Waals surface area contributed by atoms with Gasteiger partial charge in [-0.15, -0.1) is 0 Å². The molecule has 0 saturated carbocycles. The summed E-state index contributed by atoms with van der Waals surface area (Å²) >= 11 is 3.40. The first-order chi connectivity index (χ1) is 6.16. The fraction of sp³-hybridized carbons (Fsp3) is 0.222. The van der Waals surface area contributed by atoms with Crippen molar-refractivity contribution < 1.29 is 4.79 Å². The van der Waals surface area contributed by atoms with Gasteiger partial charge in [-0.05, 0) is 24.6 Å². The quantitative estimate of drug-likeness (QED) is 0.730. The van der Waals surface area contributed by atoms with Crippen LogP contribution in [0.15, 0.2) is 16.6 Å². The van der Waals surface area contributed by atoms with Gasteiger partial charge in [-0.2, -0.15) is 0 Å². The van der Waals surface area contributed by atoms with Crippen molar-refractivity contribution in [3.05, 3.63) is 22.2 Å². The number of anilines is 2.